The van der Waals surface area contributed by atoms with E-state index < -0.39 is 40.7 Å². The average Bonchev–Trinajstić information content (AvgIpc) is 2.27. The van der Waals surface area contributed by atoms with Gasteiger partial charge in [0.25, 0.3) is 0 Å². The SMILES string of the molecule is C=C(C)C(=O)OCCCCC(F)(F)C(F)(F)[SH](=O)=O. The topological polar surface area (TPSA) is 60.4 Å². The summed E-state index contributed by atoms with van der Waals surface area (Å²) in [7, 11) is -4.56. The lowest BCUT2D eigenvalue weighted by Gasteiger charge is -2.21. The maximum absolute atomic E-state index is 12.9. The number of hydrogen-bond acceptors (Lipinski definition) is 4. The Labute approximate surface area is 109 Å². The van der Waals surface area contributed by atoms with Gasteiger partial charge in [0.1, 0.15) is 0 Å². The first kappa shape index (κ1) is 17.9. The Morgan fingerprint density at radius 2 is 1.74 bits per heavy atom. The Kier molecular flexibility index (Phi) is 6.47. The van der Waals surface area contributed by atoms with Crippen LogP contribution in [0.15, 0.2) is 12.2 Å². The van der Waals surface area contributed by atoms with Crippen LogP contribution in [0.2, 0.25) is 0 Å². The van der Waals surface area contributed by atoms with E-state index in [0.29, 0.717) is 0 Å². The molecule has 0 unspecified atom stereocenters. The van der Waals surface area contributed by atoms with E-state index in [4.69, 9.17) is 0 Å². The molecule has 0 aliphatic rings. The highest BCUT2D eigenvalue weighted by Crippen LogP contribution is 2.38. The fraction of sp³-hybridized carbons (Fsp3) is 0.700. The summed E-state index contributed by atoms with van der Waals surface area (Å²) in [6.45, 7) is 4.45. The number of ether oxygens (including phenoxy) is 1. The van der Waals surface area contributed by atoms with Crippen molar-refractivity contribution in [3.05, 3.63) is 12.2 Å². The van der Waals surface area contributed by atoms with Crippen LogP contribution in [-0.4, -0.2) is 32.2 Å². The summed E-state index contributed by atoms with van der Waals surface area (Å²) in [6.07, 6.45) is -1.80. The van der Waals surface area contributed by atoms with Gasteiger partial charge in [-0.25, -0.2) is 13.2 Å². The van der Waals surface area contributed by atoms with Crippen LogP contribution in [0, 0.1) is 0 Å². The molecule has 0 atom stereocenters. The molecule has 0 fully saturated rings. The second-order valence-electron chi connectivity index (χ2n) is 3.88. The van der Waals surface area contributed by atoms with Crippen LogP contribution < -0.4 is 0 Å². The number of esters is 1. The molecule has 0 heterocycles. The first-order valence-corrected chi connectivity index (χ1v) is 6.43. The van der Waals surface area contributed by atoms with Crippen molar-refractivity contribution in [2.24, 2.45) is 0 Å². The highest BCUT2D eigenvalue weighted by Gasteiger charge is 2.58. The minimum atomic E-state index is -5.07. The summed E-state index contributed by atoms with van der Waals surface area (Å²) in [5, 5.41) is -5.07. The van der Waals surface area contributed by atoms with Gasteiger partial charge in [-0.15, -0.1) is 0 Å². The number of rotatable bonds is 8. The molecule has 0 aliphatic heterocycles. The minimum absolute atomic E-state index is 0.0830. The van der Waals surface area contributed by atoms with E-state index in [2.05, 4.69) is 11.3 Å². The molecule has 0 N–H and O–H groups in total. The van der Waals surface area contributed by atoms with Gasteiger partial charge < -0.3 is 4.74 Å². The van der Waals surface area contributed by atoms with Gasteiger partial charge in [-0.05, 0) is 19.8 Å². The molecule has 0 saturated carbocycles. The van der Waals surface area contributed by atoms with Crippen LogP contribution in [0.5, 0.6) is 0 Å². The molecule has 0 aromatic rings. The lowest BCUT2D eigenvalue weighted by Crippen LogP contribution is -2.41. The summed E-state index contributed by atoms with van der Waals surface area (Å²) in [5.74, 6) is -5.35. The fourth-order valence-corrected chi connectivity index (χ4v) is 1.40. The largest absolute Gasteiger partial charge is 0.462 e. The van der Waals surface area contributed by atoms with E-state index in [0.717, 1.165) is 0 Å². The molecule has 4 nitrogen and oxygen atoms in total. The van der Waals surface area contributed by atoms with E-state index >= 15 is 0 Å². The highest BCUT2D eigenvalue weighted by atomic mass is 32.2. The number of carbonyl (C=O) groups is 1. The van der Waals surface area contributed by atoms with Crippen LogP contribution in [0.1, 0.15) is 26.2 Å². The molecule has 0 rings (SSSR count). The molecule has 0 bridgehead atoms. The monoisotopic (exact) mass is 306 g/mol. The first-order chi connectivity index (χ1) is 8.52. The van der Waals surface area contributed by atoms with Gasteiger partial charge in [-0.1, -0.05) is 6.58 Å². The summed E-state index contributed by atoms with van der Waals surface area (Å²) in [6, 6.07) is 0. The molecule has 0 spiro atoms. The van der Waals surface area contributed by atoms with Crippen LogP contribution in [0.4, 0.5) is 17.6 Å². The van der Waals surface area contributed by atoms with Crippen LogP contribution in [0.25, 0.3) is 0 Å². The van der Waals surface area contributed by atoms with Crippen molar-refractivity contribution in [3.8, 4) is 0 Å². The molecule has 9 heteroatoms. The first-order valence-electron chi connectivity index (χ1n) is 5.25. The van der Waals surface area contributed by atoms with Gasteiger partial charge in [0.2, 0.25) is 10.7 Å². The Bertz CT molecular complexity index is 410. The second-order valence-corrected chi connectivity index (χ2v) is 4.95. The summed E-state index contributed by atoms with van der Waals surface area (Å²) >= 11 is 0. The smallest absolute Gasteiger partial charge is 0.404 e. The number of halogens is 4. The highest BCUT2D eigenvalue weighted by molar-refractivity contribution is 7.73. The third-order valence-electron chi connectivity index (χ3n) is 2.14. The molecular formula is C10H14F4O4S. The lowest BCUT2D eigenvalue weighted by molar-refractivity contribution is -0.160. The molecule has 112 valence electrons. The van der Waals surface area contributed by atoms with Crippen molar-refractivity contribution in [1.29, 1.82) is 0 Å². The van der Waals surface area contributed by atoms with E-state index in [-0.39, 0.29) is 18.6 Å². The normalized spacial score (nSPS) is 12.5. The number of hydrogen-bond donors (Lipinski definition) is 1. The van der Waals surface area contributed by atoms with Crippen molar-refractivity contribution in [3.63, 3.8) is 0 Å². The summed E-state index contributed by atoms with van der Waals surface area (Å²) in [4.78, 5) is 10.9. The number of unbranched alkanes of at least 4 members (excludes halogenated alkanes) is 1. The molecule has 0 aromatic carbocycles. The fourth-order valence-electron chi connectivity index (χ4n) is 1.02. The quantitative estimate of drug-likeness (QED) is 0.245. The average molecular weight is 306 g/mol. The molecule has 0 amide bonds. The molecule has 0 saturated heterocycles. The van der Waals surface area contributed by atoms with E-state index in [1.165, 1.54) is 6.92 Å². The maximum Gasteiger partial charge on any atom is 0.404 e. The van der Waals surface area contributed by atoms with E-state index in [1.54, 1.807) is 0 Å². The van der Waals surface area contributed by atoms with Gasteiger partial charge in [0, 0.05) is 12.0 Å². The van der Waals surface area contributed by atoms with Gasteiger partial charge in [-0.2, -0.15) is 17.6 Å². The van der Waals surface area contributed by atoms with Crippen molar-refractivity contribution in [2.75, 3.05) is 6.61 Å². The zero-order chi connectivity index (χ0) is 15.3. The van der Waals surface area contributed by atoms with Gasteiger partial charge in [-0.3, -0.25) is 0 Å². The summed E-state index contributed by atoms with van der Waals surface area (Å²) < 4.78 is 75.7. The van der Waals surface area contributed by atoms with Crippen LogP contribution >= 0.6 is 0 Å². The van der Waals surface area contributed by atoms with Gasteiger partial charge >= 0.3 is 17.1 Å². The van der Waals surface area contributed by atoms with E-state index in [9.17, 15) is 30.8 Å². The summed E-state index contributed by atoms with van der Waals surface area (Å²) in [5.41, 5.74) is 0.125. The number of carbonyl (C=O) groups excluding carboxylic acids is 1. The molecular weight excluding hydrogens is 292 g/mol. The zero-order valence-corrected chi connectivity index (χ0v) is 11.0. The van der Waals surface area contributed by atoms with Crippen LogP contribution in [0.3, 0.4) is 0 Å². The van der Waals surface area contributed by atoms with Gasteiger partial charge in [0.15, 0.2) is 0 Å². The predicted octanol–water partition coefficient (Wildman–Crippen LogP) is 2.12. The predicted molar refractivity (Wildman–Crippen MR) is 59.8 cm³/mol. The Morgan fingerprint density at radius 1 is 1.21 bits per heavy atom. The van der Waals surface area contributed by atoms with E-state index in [1.807, 2.05) is 0 Å². The Morgan fingerprint density at radius 3 is 2.16 bits per heavy atom. The molecule has 0 aliphatic carbocycles. The standard InChI is InChI=1S/C10H14F4O4S/c1-7(2)8(15)18-6-4-3-5-9(11,12)10(13,14)19(16)17/h19H,1,3-6H2,2H3. The Hall–Kier alpha value is -1.12. The van der Waals surface area contributed by atoms with Crippen molar-refractivity contribution in [1.82, 2.24) is 0 Å². The molecule has 0 aromatic heterocycles. The number of thiol groups is 1. The second kappa shape index (κ2) is 6.88. The molecule has 19 heavy (non-hydrogen) atoms. The minimum Gasteiger partial charge on any atom is -0.462 e. The zero-order valence-electron chi connectivity index (χ0n) is 10.1. The maximum atomic E-state index is 12.9. The van der Waals surface area contributed by atoms with Crippen molar-refractivity contribution >= 4 is 16.7 Å². The number of alkyl halides is 4. The third-order valence-corrected chi connectivity index (χ3v) is 2.92. The van der Waals surface area contributed by atoms with Gasteiger partial charge in [0.05, 0.1) is 6.61 Å². The Balaban J connectivity index is 4.14. The third kappa shape index (κ3) is 5.17. The van der Waals surface area contributed by atoms with Crippen molar-refractivity contribution in [2.45, 2.75) is 37.4 Å². The molecule has 0 radical (unpaired) electrons. The van der Waals surface area contributed by atoms with Crippen molar-refractivity contribution < 1.29 is 35.5 Å². The lowest BCUT2D eigenvalue weighted by atomic mass is 10.1. The van der Waals surface area contributed by atoms with Crippen LogP contribution in [-0.2, 0) is 20.2 Å².